The van der Waals surface area contributed by atoms with E-state index in [-0.39, 0.29) is 5.91 Å². The lowest BCUT2D eigenvalue weighted by atomic mass is 10.0. The molecule has 1 aromatic rings. The summed E-state index contributed by atoms with van der Waals surface area (Å²) in [5.74, 6) is 0.768. The first kappa shape index (κ1) is 13.2. The van der Waals surface area contributed by atoms with Crippen molar-refractivity contribution in [3.05, 3.63) is 29.3 Å². The number of nitrogens with one attached hydrogen (secondary N) is 1. The van der Waals surface area contributed by atoms with Gasteiger partial charge in [0.1, 0.15) is 0 Å². The van der Waals surface area contributed by atoms with E-state index in [0.717, 1.165) is 25.2 Å². The van der Waals surface area contributed by atoms with Gasteiger partial charge in [0, 0.05) is 13.1 Å². The van der Waals surface area contributed by atoms with Crippen LogP contribution in [0.25, 0.3) is 0 Å². The van der Waals surface area contributed by atoms with Crippen LogP contribution in [0.3, 0.4) is 0 Å². The van der Waals surface area contributed by atoms with E-state index in [4.69, 9.17) is 11.6 Å². The Morgan fingerprint density at radius 2 is 2.28 bits per heavy atom. The van der Waals surface area contributed by atoms with Crippen molar-refractivity contribution >= 4 is 23.2 Å². The van der Waals surface area contributed by atoms with Crippen molar-refractivity contribution in [1.82, 2.24) is 4.90 Å². The van der Waals surface area contributed by atoms with Gasteiger partial charge in [-0.2, -0.15) is 0 Å². The summed E-state index contributed by atoms with van der Waals surface area (Å²) in [5, 5.41) is 3.75. The third-order valence-electron chi connectivity index (χ3n) is 3.31. The minimum Gasteiger partial charge on any atom is -0.375 e. The Kier molecular flexibility index (Phi) is 4.48. The Hall–Kier alpha value is -1.22. The summed E-state index contributed by atoms with van der Waals surface area (Å²) in [4.78, 5) is 14.0. The number of nitrogens with zero attached hydrogens (tertiary/aromatic N) is 1. The van der Waals surface area contributed by atoms with Crippen LogP contribution in [-0.4, -0.2) is 30.4 Å². The van der Waals surface area contributed by atoms with Crippen molar-refractivity contribution < 1.29 is 4.79 Å². The highest BCUT2D eigenvalue weighted by atomic mass is 35.5. The summed E-state index contributed by atoms with van der Waals surface area (Å²) in [6.07, 6.45) is 2.33. The number of anilines is 1. The molecule has 0 aromatic heterocycles. The molecular formula is C14H19ClN2O. The van der Waals surface area contributed by atoms with E-state index in [1.807, 2.05) is 29.2 Å². The van der Waals surface area contributed by atoms with Crippen molar-refractivity contribution in [2.75, 3.05) is 25.0 Å². The maximum Gasteiger partial charge on any atom is 0.241 e. The van der Waals surface area contributed by atoms with Gasteiger partial charge in [0.05, 0.1) is 17.3 Å². The molecule has 1 N–H and O–H groups in total. The van der Waals surface area contributed by atoms with Crippen LogP contribution in [0, 0.1) is 5.92 Å². The molecule has 4 heteroatoms. The second kappa shape index (κ2) is 6.10. The predicted molar refractivity (Wildman–Crippen MR) is 74.9 cm³/mol. The standard InChI is InChI=1S/C14H19ClN2O/c1-11-5-4-8-17(10-11)14(18)9-16-13-7-3-2-6-12(13)15/h2-3,6-7,11,16H,4-5,8-10H2,1H3. The first-order valence-electron chi connectivity index (χ1n) is 6.43. The molecule has 1 aliphatic rings. The summed E-state index contributed by atoms with van der Waals surface area (Å²) >= 11 is 6.03. The van der Waals surface area contributed by atoms with Crippen molar-refractivity contribution in [3.8, 4) is 0 Å². The van der Waals surface area contributed by atoms with E-state index >= 15 is 0 Å². The molecule has 0 bridgehead atoms. The number of benzene rings is 1. The monoisotopic (exact) mass is 266 g/mol. The van der Waals surface area contributed by atoms with Crippen LogP contribution < -0.4 is 5.32 Å². The number of hydrogen-bond donors (Lipinski definition) is 1. The van der Waals surface area contributed by atoms with Crippen molar-refractivity contribution in [2.24, 2.45) is 5.92 Å². The highest BCUT2D eigenvalue weighted by Gasteiger charge is 2.20. The number of rotatable bonds is 3. The number of para-hydroxylation sites is 1. The fraction of sp³-hybridized carbons (Fsp3) is 0.500. The Morgan fingerprint density at radius 1 is 1.50 bits per heavy atom. The number of halogens is 1. The van der Waals surface area contributed by atoms with Crippen LogP contribution in [0.4, 0.5) is 5.69 Å². The predicted octanol–water partition coefficient (Wildman–Crippen LogP) is 3.01. The van der Waals surface area contributed by atoms with Crippen LogP contribution in [0.1, 0.15) is 19.8 Å². The Bertz CT molecular complexity index is 422. The Labute approximate surface area is 113 Å². The quantitative estimate of drug-likeness (QED) is 0.912. The SMILES string of the molecule is CC1CCCN(C(=O)CNc2ccccc2Cl)C1. The lowest BCUT2D eigenvalue weighted by Gasteiger charge is -2.31. The maximum absolute atomic E-state index is 12.0. The minimum absolute atomic E-state index is 0.154. The van der Waals surface area contributed by atoms with Gasteiger partial charge in [0.2, 0.25) is 5.91 Å². The summed E-state index contributed by atoms with van der Waals surface area (Å²) in [6, 6.07) is 7.48. The number of piperidine rings is 1. The van der Waals surface area contributed by atoms with Gasteiger partial charge in [-0.1, -0.05) is 30.7 Å². The van der Waals surface area contributed by atoms with Gasteiger partial charge in [-0.25, -0.2) is 0 Å². The number of likely N-dealkylation sites (tertiary alicyclic amines) is 1. The number of hydrogen-bond acceptors (Lipinski definition) is 2. The fourth-order valence-corrected chi connectivity index (χ4v) is 2.51. The lowest BCUT2D eigenvalue weighted by molar-refractivity contribution is -0.130. The number of amides is 1. The summed E-state index contributed by atoms with van der Waals surface area (Å²) < 4.78 is 0. The fourth-order valence-electron chi connectivity index (χ4n) is 2.30. The van der Waals surface area contributed by atoms with Crippen LogP contribution in [0.15, 0.2) is 24.3 Å². The van der Waals surface area contributed by atoms with Crippen LogP contribution in [-0.2, 0) is 4.79 Å². The highest BCUT2D eigenvalue weighted by Crippen LogP contribution is 2.20. The van der Waals surface area contributed by atoms with E-state index in [1.165, 1.54) is 6.42 Å². The molecule has 0 spiro atoms. The number of carbonyl (C=O) groups excluding carboxylic acids is 1. The second-order valence-corrected chi connectivity index (χ2v) is 5.33. The molecule has 1 saturated heterocycles. The third kappa shape index (κ3) is 3.39. The smallest absolute Gasteiger partial charge is 0.241 e. The van der Waals surface area contributed by atoms with E-state index in [2.05, 4.69) is 12.2 Å². The summed E-state index contributed by atoms with van der Waals surface area (Å²) in [7, 11) is 0. The van der Waals surface area contributed by atoms with Crippen molar-refractivity contribution in [1.29, 1.82) is 0 Å². The van der Waals surface area contributed by atoms with Crippen LogP contribution in [0.5, 0.6) is 0 Å². The second-order valence-electron chi connectivity index (χ2n) is 4.92. The molecule has 1 fully saturated rings. The van der Waals surface area contributed by atoms with E-state index in [0.29, 0.717) is 17.5 Å². The molecule has 0 aliphatic carbocycles. The van der Waals surface area contributed by atoms with E-state index < -0.39 is 0 Å². The zero-order chi connectivity index (χ0) is 13.0. The zero-order valence-corrected chi connectivity index (χ0v) is 11.4. The summed E-state index contributed by atoms with van der Waals surface area (Å²) in [6.45, 7) is 4.27. The molecule has 1 aliphatic heterocycles. The molecule has 1 aromatic carbocycles. The molecule has 1 atom stereocenters. The van der Waals surface area contributed by atoms with Crippen molar-refractivity contribution in [2.45, 2.75) is 19.8 Å². The molecule has 0 radical (unpaired) electrons. The Balaban J connectivity index is 1.86. The summed E-state index contributed by atoms with van der Waals surface area (Å²) in [5.41, 5.74) is 0.817. The zero-order valence-electron chi connectivity index (χ0n) is 10.7. The molecule has 1 heterocycles. The average molecular weight is 267 g/mol. The first-order chi connectivity index (χ1) is 8.66. The Morgan fingerprint density at radius 3 is 3.00 bits per heavy atom. The minimum atomic E-state index is 0.154. The average Bonchev–Trinajstić information content (AvgIpc) is 2.37. The maximum atomic E-state index is 12.0. The highest BCUT2D eigenvalue weighted by molar-refractivity contribution is 6.33. The largest absolute Gasteiger partial charge is 0.375 e. The van der Waals surface area contributed by atoms with Crippen LogP contribution in [0.2, 0.25) is 5.02 Å². The molecule has 1 amide bonds. The molecule has 0 saturated carbocycles. The molecule has 2 rings (SSSR count). The molecular weight excluding hydrogens is 248 g/mol. The van der Waals surface area contributed by atoms with Gasteiger partial charge >= 0.3 is 0 Å². The van der Waals surface area contributed by atoms with Gasteiger partial charge < -0.3 is 10.2 Å². The van der Waals surface area contributed by atoms with Gasteiger partial charge in [-0.05, 0) is 30.9 Å². The van der Waals surface area contributed by atoms with Gasteiger partial charge in [0.25, 0.3) is 0 Å². The van der Waals surface area contributed by atoms with E-state index in [1.54, 1.807) is 0 Å². The molecule has 3 nitrogen and oxygen atoms in total. The van der Waals surface area contributed by atoms with Gasteiger partial charge in [0.15, 0.2) is 0 Å². The lowest BCUT2D eigenvalue weighted by Crippen LogP contribution is -2.41. The van der Waals surface area contributed by atoms with Gasteiger partial charge in [-0.15, -0.1) is 0 Å². The molecule has 98 valence electrons. The van der Waals surface area contributed by atoms with Gasteiger partial charge in [-0.3, -0.25) is 4.79 Å². The van der Waals surface area contributed by atoms with Crippen LogP contribution >= 0.6 is 11.6 Å². The number of carbonyl (C=O) groups is 1. The molecule has 18 heavy (non-hydrogen) atoms. The normalized spacial score (nSPS) is 19.7. The third-order valence-corrected chi connectivity index (χ3v) is 3.64. The topological polar surface area (TPSA) is 32.3 Å². The first-order valence-corrected chi connectivity index (χ1v) is 6.81. The van der Waals surface area contributed by atoms with E-state index in [9.17, 15) is 4.79 Å². The van der Waals surface area contributed by atoms with Crippen molar-refractivity contribution in [3.63, 3.8) is 0 Å². The molecule has 1 unspecified atom stereocenters.